The lowest BCUT2D eigenvalue weighted by molar-refractivity contribution is 0.0533. The van der Waals surface area contributed by atoms with Gasteiger partial charge < -0.3 is 15.8 Å². The quantitative estimate of drug-likeness (QED) is 0.729. The molecule has 0 aliphatic carbocycles. The van der Waals surface area contributed by atoms with Gasteiger partial charge in [0.15, 0.2) is 9.84 Å². The second-order valence-corrected chi connectivity index (χ2v) is 8.20. The van der Waals surface area contributed by atoms with Crippen molar-refractivity contribution in [2.75, 3.05) is 23.4 Å². The van der Waals surface area contributed by atoms with Crippen molar-refractivity contribution in [3.8, 4) is 0 Å². The third kappa shape index (κ3) is 3.88. The number of esters is 1. The lowest BCUT2D eigenvalue weighted by atomic mass is 10.2. The van der Waals surface area contributed by atoms with Gasteiger partial charge in [-0.15, -0.1) is 11.3 Å². The van der Waals surface area contributed by atoms with Crippen LogP contribution in [0.4, 0.5) is 10.7 Å². The van der Waals surface area contributed by atoms with Crippen LogP contribution in [0.25, 0.3) is 0 Å². The van der Waals surface area contributed by atoms with Crippen molar-refractivity contribution in [2.45, 2.75) is 25.3 Å². The van der Waals surface area contributed by atoms with Gasteiger partial charge in [0.2, 0.25) is 0 Å². The van der Waals surface area contributed by atoms with Crippen LogP contribution in [0.3, 0.4) is 0 Å². The third-order valence-corrected chi connectivity index (χ3v) is 6.43. The van der Waals surface area contributed by atoms with Gasteiger partial charge in [0.25, 0.3) is 0 Å². The maximum absolute atomic E-state index is 12.4. The second kappa shape index (κ2) is 7.67. The number of rotatable bonds is 7. The van der Waals surface area contributed by atoms with Crippen LogP contribution in [-0.2, 0) is 21.1 Å². The number of sulfone groups is 1. The molecule has 1 aromatic carbocycles. The molecule has 2 rings (SSSR count). The molecule has 6 nitrogen and oxygen atoms in total. The fourth-order valence-corrected chi connectivity index (χ4v) is 4.68. The first kappa shape index (κ1) is 18.3. The van der Waals surface area contributed by atoms with E-state index in [1.165, 1.54) is 6.92 Å². The number of nitrogen functional groups attached to an aromatic ring is 1. The minimum absolute atomic E-state index is 0.0195. The minimum atomic E-state index is -3.58. The van der Waals surface area contributed by atoms with Gasteiger partial charge in [-0.1, -0.05) is 37.3 Å². The lowest BCUT2D eigenvalue weighted by Gasteiger charge is -2.08. The molecule has 0 spiro atoms. The molecule has 0 radical (unpaired) electrons. The molecule has 24 heavy (non-hydrogen) atoms. The van der Waals surface area contributed by atoms with Crippen LogP contribution in [0, 0.1) is 0 Å². The average Bonchev–Trinajstić information content (AvgIpc) is 2.91. The van der Waals surface area contributed by atoms with E-state index in [1.807, 2.05) is 30.3 Å². The topological polar surface area (TPSA) is 98.5 Å². The fourth-order valence-electron chi connectivity index (χ4n) is 2.12. The first-order chi connectivity index (χ1) is 11.4. The van der Waals surface area contributed by atoms with Crippen molar-refractivity contribution in [3.63, 3.8) is 0 Å². The SMILES string of the molecule is CCOC(=O)c1sc(NCc2ccccc2)c(S(=O)(=O)CC)c1N. The Morgan fingerprint density at radius 1 is 1.25 bits per heavy atom. The molecule has 1 aromatic heterocycles. The number of carbonyl (C=O) groups is 1. The van der Waals surface area contributed by atoms with Crippen molar-refractivity contribution in [3.05, 3.63) is 40.8 Å². The molecule has 0 saturated carbocycles. The van der Waals surface area contributed by atoms with Crippen LogP contribution < -0.4 is 11.1 Å². The van der Waals surface area contributed by atoms with E-state index in [0.29, 0.717) is 11.5 Å². The molecule has 0 saturated heterocycles. The zero-order valence-corrected chi connectivity index (χ0v) is 15.2. The van der Waals surface area contributed by atoms with Crippen molar-refractivity contribution in [1.82, 2.24) is 0 Å². The van der Waals surface area contributed by atoms with Gasteiger partial charge in [0, 0.05) is 6.54 Å². The van der Waals surface area contributed by atoms with E-state index in [2.05, 4.69) is 5.32 Å². The molecular weight excluding hydrogens is 348 g/mol. The molecule has 8 heteroatoms. The number of nitrogens with two attached hydrogens (primary N) is 1. The van der Waals surface area contributed by atoms with E-state index in [1.54, 1.807) is 6.92 Å². The van der Waals surface area contributed by atoms with Crippen LogP contribution in [0.15, 0.2) is 35.2 Å². The normalized spacial score (nSPS) is 11.2. The third-order valence-electron chi connectivity index (χ3n) is 3.35. The highest BCUT2D eigenvalue weighted by molar-refractivity contribution is 7.91. The molecule has 0 bridgehead atoms. The van der Waals surface area contributed by atoms with Gasteiger partial charge in [-0.3, -0.25) is 0 Å². The van der Waals surface area contributed by atoms with Gasteiger partial charge in [-0.2, -0.15) is 0 Å². The van der Waals surface area contributed by atoms with Crippen molar-refractivity contribution in [2.24, 2.45) is 0 Å². The van der Waals surface area contributed by atoms with E-state index in [0.717, 1.165) is 16.9 Å². The summed E-state index contributed by atoms with van der Waals surface area (Å²) in [6.07, 6.45) is 0. The maximum atomic E-state index is 12.4. The summed E-state index contributed by atoms with van der Waals surface area (Å²) in [4.78, 5) is 12.1. The standard InChI is InChI=1S/C16H20N2O4S2/c1-3-22-16(19)13-12(17)14(24(20,21)4-2)15(23-13)18-10-11-8-6-5-7-9-11/h5-9,18H,3-4,10,17H2,1-2H3. The summed E-state index contributed by atoms with van der Waals surface area (Å²) in [7, 11) is -3.58. The Morgan fingerprint density at radius 3 is 2.50 bits per heavy atom. The molecule has 0 amide bonds. The van der Waals surface area contributed by atoms with Gasteiger partial charge in [-0.25, -0.2) is 13.2 Å². The number of anilines is 2. The van der Waals surface area contributed by atoms with Crippen LogP contribution in [0.2, 0.25) is 0 Å². The molecule has 0 atom stereocenters. The molecule has 0 fully saturated rings. The number of nitrogens with one attached hydrogen (secondary N) is 1. The first-order valence-electron chi connectivity index (χ1n) is 7.50. The van der Waals surface area contributed by atoms with E-state index < -0.39 is 15.8 Å². The number of hydrogen-bond donors (Lipinski definition) is 2. The zero-order chi connectivity index (χ0) is 17.7. The highest BCUT2D eigenvalue weighted by atomic mass is 32.2. The lowest BCUT2D eigenvalue weighted by Crippen LogP contribution is -2.10. The molecule has 3 N–H and O–H groups in total. The summed E-state index contributed by atoms with van der Waals surface area (Å²) in [6.45, 7) is 3.84. The minimum Gasteiger partial charge on any atom is -0.462 e. The predicted molar refractivity (Wildman–Crippen MR) is 96.2 cm³/mol. The Bertz CT molecular complexity index is 814. The Balaban J connectivity index is 2.41. The number of carbonyl (C=O) groups excluding carboxylic acids is 1. The second-order valence-electron chi connectivity index (χ2n) is 4.97. The Kier molecular flexibility index (Phi) is 5.84. The van der Waals surface area contributed by atoms with Gasteiger partial charge in [0.05, 0.1) is 18.0 Å². The number of thiophene rings is 1. The van der Waals surface area contributed by atoms with E-state index in [4.69, 9.17) is 10.5 Å². The maximum Gasteiger partial charge on any atom is 0.350 e. The summed E-state index contributed by atoms with van der Waals surface area (Å²) in [5.41, 5.74) is 6.90. The highest BCUT2D eigenvalue weighted by Gasteiger charge is 2.29. The fraction of sp³-hybridized carbons (Fsp3) is 0.312. The van der Waals surface area contributed by atoms with Crippen LogP contribution in [0.1, 0.15) is 29.1 Å². The summed E-state index contributed by atoms with van der Waals surface area (Å²) in [6, 6.07) is 9.54. The van der Waals surface area contributed by atoms with Gasteiger partial charge in [0.1, 0.15) is 14.8 Å². The molecule has 130 valence electrons. The number of ether oxygens (including phenoxy) is 1. The zero-order valence-electron chi connectivity index (χ0n) is 13.5. The molecule has 0 aliphatic rings. The van der Waals surface area contributed by atoms with Crippen LogP contribution in [0.5, 0.6) is 0 Å². The van der Waals surface area contributed by atoms with Crippen molar-refractivity contribution >= 4 is 37.8 Å². The predicted octanol–water partition coefficient (Wildman–Crippen LogP) is 2.91. The Morgan fingerprint density at radius 2 is 1.92 bits per heavy atom. The summed E-state index contributed by atoms with van der Waals surface area (Å²) in [5, 5.41) is 3.44. The molecular formula is C16H20N2O4S2. The van der Waals surface area contributed by atoms with Gasteiger partial charge >= 0.3 is 5.97 Å². The molecule has 2 aromatic rings. The Labute approximate surface area is 145 Å². The molecule has 1 heterocycles. The molecule has 0 aliphatic heterocycles. The van der Waals surface area contributed by atoms with Crippen LogP contribution in [-0.4, -0.2) is 26.7 Å². The van der Waals surface area contributed by atoms with Crippen LogP contribution >= 0.6 is 11.3 Å². The van der Waals surface area contributed by atoms with E-state index >= 15 is 0 Å². The van der Waals surface area contributed by atoms with Crippen molar-refractivity contribution in [1.29, 1.82) is 0 Å². The monoisotopic (exact) mass is 368 g/mol. The van der Waals surface area contributed by atoms with E-state index in [9.17, 15) is 13.2 Å². The van der Waals surface area contributed by atoms with E-state index in [-0.39, 0.29) is 27.8 Å². The first-order valence-corrected chi connectivity index (χ1v) is 9.97. The molecule has 0 unspecified atom stereocenters. The highest BCUT2D eigenvalue weighted by Crippen LogP contribution is 2.40. The number of benzene rings is 1. The smallest absolute Gasteiger partial charge is 0.350 e. The summed E-state index contributed by atoms with van der Waals surface area (Å²) in [5.74, 6) is -0.712. The van der Waals surface area contributed by atoms with Crippen molar-refractivity contribution < 1.29 is 17.9 Å². The summed E-state index contributed by atoms with van der Waals surface area (Å²) < 4.78 is 29.7. The van der Waals surface area contributed by atoms with Gasteiger partial charge in [-0.05, 0) is 12.5 Å². The Hall–Kier alpha value is -2.06. The summed E-state index contributed by atoms with van der Waals surface area (Å²) >= 11 is 1.01. The number of hydrogen-bond acceptors (Lipinski definition) is 7. The largest absolute Gasteiger partial charge is 0.462 e. The average molecular weight is 368 g/mol.